The Morgan fingerprint density at radius 1 is 1.17 bits per heavy atom. The van der Waals surface area contributed by atoms with Crippen LogP contribution in [0.2, 0.25) is 0 Å². The minimum absolute atomic E-state index is 0.526. The maximum atomic E-state index is 11.3. The number of hydrogen-bond acceptors (Lipinski definition) is 7. The van der Waals surface area contributed by atoms with Crippen LogP contribution in [0.15, 0.2) is 34.5 Å². The molecule has 2 rings (SSSR count). The van der Waals surface area contributed by atoms with E-state index >= 15 is 0 Å². The third-order valence-corrected chi connectivity index (χ3v) is 4.00. The number of halogens is 1. The van der Waals surface area contributed by atoms with Crippen molar-refractivity contribution in [3.05, 3.63) is 40.1 Å². The first-order valence-electron chi connectivity index (χ1n) is 7.01. The van der Waals surface area contributed by atoms with Gasteiger partial charge in [-0.05, 0) is 23.8 Å². The molecular weight excluding hydrogens is 388 g/mol. The zero-order valence-corrected chi connectivity index (χ0v) is 13.9. The van der Waals surface area contributed by atoms with Gasteiger partial charge in [-0.25, -0.2) is 4.79 Å². The molecular formula is C15H17BrO8. The fourth-order valence-corrected chi connectivity index (χ4v) is 2.41. The Balaban J connectivity index is 2.20. The summed E-state index contributed by atoms with van der Waals surface area (Å²) in [5, 5.41) is 47.6. The number of aliphatic carboxylic acids is 1. The molecule has 132 valence electrons. The van der Waals surface area contributed by atoms with Crippen LogP contribution in [0.4, 0.5) is 0 Å². The summed E-state index contributed by atoms with van der Waals surface area (Å²) in [7, 11) is 0. The molecule has 0 aromatic heterocycles. The minimum atomic E-state index is -1.68. The van der Waals surface area contributed by atoms with E-state index in [0.29, 0.717) is 5.56 Å². The normalized spacial score (nSPS) is 30.9. The second-order valence-electron chi connectivity index (χ2n) is 5.18. The van der Waals surface area contributed by atoms with Gasteiger partial charge in [-0.2, -0.15) is 0 Å². The van der Waals surface area contributed by atoms with Crippen LogP contribution in [0.5, 0.6) is 0 Å². The number of ether oxygens (including phenoxy) is 2. The second-order valence-corrected chi connectivity index (χ2v) is 6.10. The highest BCUT2D eigenvalue weighted by molar-refractivity contribution is 9.10. The fraction of sp³-hybridized carbons (Fsp3) is 0.400. The van der Waals surface area contributed by atoms with Crippen LogP contribution in [0.25, 0.3) is 6.08 Å². The number of carboxylic acid groups (broad SMARTS) is 1. The first kappa shape index (κ1) is 18.8. The second kappa shape index (κ2) is 8.06. The molecule has 0 radical (unpaired) electrons. The number of benzene rings is 1. The van der Waals surface area contributed by atoms with Crippen molar-refractivity contribution in [2.24, 2.45) is 0 Å². The van der Waals surface area contributed by atoms with Crippen molar-refractivity contribution in [3.63, 3.8) is 0 Å². The predicted molar refractivity (Wildman–Crippen MR) is 84.6 cm³/mol. The van der Waals surface area contributed by atoms with Gasteiger partial charge in [0.15, 0.2) is 0 Å². The summed E-state index contributed by atoms with van der Waals surface area (Å²) in [4.78, 5) is 11.3. The molecule has 0 amide bonds. The van der Waals surface area contributed by atoms with Gasteiger partial charge in [-0.3, -0.25) is 0 Å². The Morgan fingerprint density at radius 3 is 2.33 bits per heavy atom. The van der Waals surface area contributed by atoms with Crippen molar-refractivity contribution < 1.29 is 39.8 Å². The van der Waals surface area contributed by atoms with Crippen LogP contribution in [-0.2, 0) is 14.3 Å². The standard InChI is InChI=1S/C15H17BrO8/c16-8-3-1-7(2-4-8)5-9(14(21)22)23-15-13(20)12(19)11(18)10(6-17)24-15/h1-5,10-13,15,17-20H,6H2,(H,21,22)/b9-5-/t10-,11+,12+,13-,15-/m0/s1. The molecule has 1 saturated heterocycles. The molecule has 1 aromatic rings. The van der Waals surface area contributed by atoms with Gasteiger partial charge < -0.3 is 35.0 Å². The first-order valence-corrected chi connectivity index (χ1v) is 7.80. The van der Waals surface area contributed by atoms with Gasteiger partial charge in [0, 0.05) is 4.47 Å². The van der Waals surface area contributed by atoms with Crippen molar-refractivity contribution in [2.75, 3.05) is 6.61 Å². The highest BCUT2D eigenvalue weighted by Gasteiger charge is 2.45. The Hall–Kier alpha value is -1.49. The van der Waals surface area contributed by atoms with E-state index in [1.165, 1.54) is 6.08 Å². The predicted octanol–water partition coefficient (Wildman–Crippen LogP) is -0.309. The molecule has 1 aliphatic rings. The molecule has 1 heterocycles. The van der Waals surface area contributed by atoms with E-state index < -0.39 is 49.0 Å². The quantitative estimate of drug-likeness (QED) is 0.333. The van der Waals surface area contributed by atoms with Crippen LogP contribution in [0, 0.1) is 0 Å². The molecule has 0 bridgehead atoms. The van der Waals surface area contributed by atoms with E-state index in [1.807, 2.05) is 0 Å². The van der Waals surface area contributed by atoms with Gasteiger partial charge in [0.1, 0.15) is 24.4 Å². The van der Waals surface area contributed by atoms with Crippen molar-refractivity contribution in [3.8, 4) is 0 Å². The van der Waals surface area contributed by atoms with Crippen LogP contribution in [-0.4, -0.2) is 68.8 Å². The monoisotopic (exact) mass is 404 g/mol. The summed E-state index contributed by atoms with van der Waals surface area (Å²) in [5.74, 6) is -1.93. The third-order valence-electron chi connectivity index (χ3n) is 3.47. The molecule has 9 heteroatoms. The maximum Gasteiger partial charge on any atom is 0.371 e. The van der Waals surface area contributed by atoms with Crippen molar-refractivity contribution in [1.29, 1.82) is 0 Å². The van der Waals surface area contributed by atoms with E-state index in [-0.39, 0.29) is 0 Å². The maximum absolute atomic E-state index is 11.3. The molecule has 8 nitrogen and oxygen atoms in total. The SMILES string of the molecule is O=C(O)/C(=C/c1ccc(Br)cc1)O[C@H]1O[C@@H](CO)[C@@H](O)[C@@H](O)[C@@H]1O. The summed E-state index contributed by atoms with van der Waals surface area (Å²) in [6.07, 6.45) is -6.40. The smallest absolute Gasteiger partial charge is 0.371 e. The number of hydrogen-bond donors (Lipinski definition) is 5. The topological polar surface area (TPSA) is 137 Å². The molecule has 1 aromatic carbocycles. The number of carboxylic acids is 1. The van der Waals surface area contributed by atoms with E-state index in [0.717, 1.165) is 4.47 Å². The molecule has 5 N–H and O–H groups in total. The van der Waals surface area contributed by atoms with Gasteiger partial charge in [-0.1, -0.05) is 28.1 Å². The number of aliphatic hydroxyl groups is 4. The highest BCUT2D eigenvalue weighted by atomic mass is 79.9. The molecule has 24 heavy (non-hydrogen) atoms. The fourth-order valence-electron chi connectivity index (χ4n) is 2.15. The number of aliphatic hydroxyl groups excluding tert-OH is 4. The lowest BCUT2D eigenvalue weighted by Crippen LogP contribution is -2.59. The van der Waals surface area contributed by atoms with E-state index in [1.54, 1.807) is 24.3 Å². The molecule has 0 unspecified atom stereocenters. The van der Waals surface area contributed by atoms with Gasteiger partial charge in [0.2, 0.25) is 12.0 Å². The Kier molecular flexibility index (Phi) is 6.33. The summed E-state index contributed by atoms with van der Waals surface area (Å²) in [6, 6.07) is 6.70. The van der Waals surface area contributed by atoms with Crippen LogP contribution >= 0.6 is 15.9 Å². The lowest BCUT2D eigenvalue weighted by molar-refractivity contribution is -0.291. The minimum Gasteiger partial charge on any atom is -0.475 e. The molecule has 0 aliphatic carbocycles. The van der Waals surface area contributed by atoms with Crippen LogP contribution < -0.4 is 0 Å². The highest BCUT2D eigenvalue weighted by Crippen LogP contribution is 2.24. The summed E-state index contributed by atoms with van der Waals surface area (Å²) >= 11 is 3.26. The summed E-state index contributed by atoms with van der Waals surface area (Å²) < 4.78 is 11.1. The third kappa shape index (κ3) is 4.32. The largest absolute Gasteiger partial charge is 0.475 e. The Morgan fingerprint density at radius 2 is 1.79 bits per heavy atom. The molecule has 1 aliphatic heterocycles. The van der Waals surface area contributed by atoms with Crippen molar-refractivity contribution in [2.45, 2.75) is 30.7 Å². The lowest BCUT2D eigenvalue weighted by Gasteiger charge is -2.39. The Bertz CT molecular complexity index is 600. The average Bonchev–Trinajstić information content (AvgIpc) is 2.56. The average molecular weight is 405 g/mol. The molecule has 0 saturated carbocycles. The lowest BCUT2D eigenvalue weighted by atomic mass is 9.99. The van der Waals surface area contributed by atoms with Gasteiger partial charge >= 0.3 is 5.97 Å². The number of rotatable bonds is 5. The van der Waals surface area contributed by atoms with Gasteiger partial charge in [0.05, 0.1) is 6.61 Å². The van der Waals surface area contributed by atoms with Crippen LogP contribution in [0.1, 0.15) is 5.56 Å². The van der Waals surface area contributed by atoms with Crippen molar-refractivity contribution >= 4 is 28.0 Å². The first-order chi connectivity index (χ1) is 11.3. The van der Waals surface area contributed by atoms with E-state index in [2.05, 4.69) is 15.9 Å². The van der Waals surface area contributed by atoms with Crippen LogP contribution in [0.3, 0.4) is 0 Å². The zero-order chi connectivity index (χ0) is 17.9. The summed E-state index contributed by atoms with van der Waals surface area (Å²) in [5.41, 5.74) is 0.528. The molecule has 0 spiro atoms. The van der Waals surface area contributed by atoms with Gasteiger partial charge in [0.25, 0.3) is 0 Å². The Labute approximate surface area is 145 Å². The zero-order valence-electron chi connectivity index (χ0n) is 12.3. The molecule has 1 fully saturated rings. The van der Waals surface area contributed by atoms with E-state index in [9.17, 15) is 25.2 Å². The molecule has 5 atom stereocenters. The van der Waals surface area contributed by atoms with Crippen molar-refractivity contribution in [1.82, 2.24) is 0 Å². The number of carbonyl (C=O) groups is 1. The van der Waals surface area contributed by atoms with E-state index in [4.69, 9.17) is 14.6 Å². The van der Waals surface area contributed by atoms with Gasteiger partial charge in [-0.15, -0.1) is 0 Å². The summed E-state index contributed by atoms with van der Waals surface area (Å²) in [6.45, 7) is -0.635.